The minimum absolute atomic E-state index is 0. The molecule has 0 radical (unpaired) electrons. The van der Waals surface area contributed by atoms with Crippen LogP contribution in [0.1, 0.15) is 19.4 Å². The Morgan fingerprint density at radius 3 is 2.64 bits per heavy atom. The van der Waals surface area contributed by atoms with Gasteiger partial charge in [0.1, 0.15) is 6.54 Å². The fraction of sp³-hybridized carbons (Fsp3) is 0.444. The summed E-state index contributed by atoms with van der Waals surface area (Å²) in [6.07, 6.45) is 5.42. The summed E-state index contributed by atoms with van der Waals surface area (Å²) in [5.74, 6) is 0. The summed E-state index contributed by atoms with van der Waals surface area (Å²) in [5, 5.41) is 0. The van der Waals surface area contributed by atoms with Gasteiger partial charge in [-0.2, -0.15) is 0 Å². The molecule has 0 spiro atoms. The van der Waals surface area contributed by atoms with Crippen molar-refractivity contribution < 1.29 is 28.5 Å². The molecule has 0 saturated heterocycles. The summed E-state index contributed by atoms with van der Waals surface area (Å²) in [6.45, 7) is 5.39. The Hall–Kier alpha value is -0.120. The second kappa shape index (κ2) is 5.52. The molecule has 2 heteroatoms. The van der Waals surface area contributed by atoms with Gasteiger partial charge in [-0.25, -0.2) is 4.57 Å². The highest BCUT2D eigenvalue weighted by Gasteiger charge is 1.95. The largest absolute Gasteiger partial charge is 1.00 e. The van der Waals surface area contributed by atoms with Crippen LogP contribution >= 0.6 is 0 Å². The first-order valence-corrected chi connectivity index (χ1v) is 3.84. The number of aryl methyl sites for hydroxylation is 2. The van der Waals surface area contributed by atoms with Gasteiger partial charge < -0.3 is 24.0 Å². The Balaban J connectivity index is 0.000001000. The van der Waals surface area contributed by atoms with Crippen molar-refractivity contribution in [1.82, 2.24) is 0 Å². The van der Waals surface area contributed by atoms with Crippen LogP contribution in [0.25, 0.3) is 0 Å². The van der Waals surface area contributed by atoms with Gasteiger partial charge in [0.05, 0.1) is 0 Å². The van der Waals surface area contributed by atoms with Crippen LogP contribution in [0.3, 0.4) is 0 Å². The van der Waals surface area contributed by atoms with Gasteiger partial charge in [-0.1, -0.05) is 6.92 Å². The maximum atomic E-state index is 2.19. The maximum absolute atomic E-state index is 2.19. The van der Waals surface area contributed by atoms with Gasteiger partial charge in [0.15, 0.2) is 12.4 Å². The van der Waals surface area contributed by atoms with Crippen LogP contribution in [0.5, 0.6) is 0 Å². The predicted molar refractivity (Wildman–Crippen MR) is 41.7 cm³/mol. The first-order chi connectivity index (χ1) is 4.86. The van der Waals surface area contributed by atoms with Crippen molar-refractivity contribution >= 4 is 0 Å². The number of hydrogen-bond acceptors (Lipinski definition) is 0. The zero-order valence-electron chi connectivity index (χ0n) is 7.05. The second-order valence-corrected chi connectivity index (χ2v) is 2.40. The molecule has 0 aliphatic rings. The molecular formula is C9H14IN. The molecule has 0 aromatic carbocycles. The third-order valence-corrected chi connectivity index (χ3v) is 1.69. The number of pyridine rings is 1. The molecule has 0 atom stereocenters. The van der Waals surface area contributed by atoms with Crippen LogP contribution in [0.15, 0.2) is 24.5 Å². The topological polar surface area (TPSA) is 3.88 Å². The van der Waals surface area contributed by atoms with Gasteiger partial charge in [0.2, 0.25) is 0 Å². The standard InChI is InChI=1S/C9H14N.HI/c1-3-9-6-5-7-10(4-2)8-9;/h5-8H,3-4H2,1-2H3;1H/q+1;/p-1. The third kappa shape index (κ3) is 3.18. The van der Waals surface area contributed by atoms with Crippen LogP contribution in [0.4, 0.5) is 0 Å². The molecule has 0 fully saturated rings. The third-order valence-electron chi connectivity index (χ3n) is 1.69. The molecular weight excluding hydrogens is 249 g/mol. The summed E-state index contributed by atoms with van der Waals surface area (Å²) in [7, 11) is 0. The molecule has 1 nitrogen and oxygen atoms in total. The van der Waals surface area contributed by atoms with Crippen molar-refractivity contribution in [3.8, 4) is 0 Å². The first kappa shape index (κ1) is 10.9. The zero-order valence-corrected chi connectivity index (χ0v) is 9.21. The molecule has 62 valence electrons. The van der Waals surface area contributed by atoms with E-state index in [-0.39, 0.29) is 24.0 Å². The average Bonchev–Trinajstić information content (AvgIpc) is 2.05. The number of aromatic nitrogens is 1. The molecule has 11 heavy (non-hydrogen) atoms. The summed E-state index contributed by atoms with van der Waals surface area (Å²) < 4.78 is 2.19. The number of hydrogen-bond donors (Lipinski definition) is 0. The van der Waals surface area contributed by atoms with Crippen LogP contribution in [-0.4, -0.2) is 0 Å². The molecule has 1 aromatic heterocycles. The van der Waals surface area contributed by atoms with Gasteiger partial charge >= 0.3 is 0 Å². The van der Waals surface area contributed by atoms with E-state index in [1.165, 1.54) is 5.56 Å². The van der Waals surface area contributed by atoms with Crippen molar-refractivity contribution in [3.63, 3.8) is 0 Å². The Bertz CT molecular complexity index is 191. The van der Waals surface area contributed by atoms with Gasteiger partial charge in [-0.15, -0.1) is 0 Å². The number of rotatable bonds is 2. The van der Waals surface area contributed by atoms with Crippen molar-refractivity contribution in [1.29, 1.82) is 0 Å². The highest BCUT2D eigenvalue weighted by atomic mass is 127. The Morgan fingerprint density at radius 1 is 1.36 bits per heavy atom. The van der Waals surface area contributed by atoms with Crippen molar-refractivity contribution in [2.75, 3.05) is 0 Å². The van der Waals surface area contributed by atoms with E-state index in [0.29, 0.717) is 0 Å². The minimum Gasteiger partial charge on any atom is -1.00 e. The van der Waals surface area contributed by atoms with Gasteiger partial charge in [0, 0.05) is 11.6 Å². The van der Waals surface area contributed by atoms with Gasteiger partial charge in [-0.05, 0) is 19.4 Å². The van der Waals surface area contributed by atoms with Crippen LogP contribution < -0.4 is 28.5 Å². The smallest absolute Gasteiger partial charge is 0.171 e. The van der Waals surface area contributed by atoms with E-state index in [2.05, 4.69) is 42.9 Å². The SMILES string of the molecule is CCc1ccc[n+](CC)c1.[I-]. The molecule has 0 unspecified atom stereocenters. The van der Waals surface area contributed by atoms with E-state index in [1.807, 2.05) is 0 Å². The molecule has 1 aromatic rings. The molecule has 0 aliphatic carbocycles. The highest BCUT2D eigenvalue weighted by molar-refractivity contribution is 5.04. The van der Waals surface area contributed by atoms with Gasteiger partial charge in [0.25, 0.3) is 0 Å². The highest BCUT2D eigenvalue weighted by Crippen LogP contribution is 1.93. The monoisotopic (exact) mass is 263 g/mol. The predicted octanol–water partition coefficient (Wildman–Crippen LogP) is -1.44. The van der Waals surface area contributed by atoms with Crippen molar-refractivity contribution in [2.24, 2.45) is 0 Å². The number of nitrogens with zero attached hydrogens (tertiary/aromatic N) is 1. The van der Waals surface area contributed by atoms with E-state index in [0.717, 1.165) is 13.0 Å². The van der Waals surface area contributed by atoms with Crippen LogP contribution in [-0.2, 0) is 13.0 Å². The fourth-order valence-electron chi connectivity index (χ4n) is 0.982. The molecule has 0 aliphatic heterocycles. The van der Waals surface area contributed by atoms with Gasteiger partial charge in [-0.3, -0.25) is 0 Å². The maximum Gasteiger partial charge on any atom is 0.171 e. The lowest BCUT2D eigenvalue weighted by atomic mass is 10.2. The zero-order chi connectivity index (χ0) is 7.40. The molecule has 1 rings (SSSR count). The van der Waals surface area contributed by atoms with E-state index in [1.54, 1.807) is 0 Å². The lowest BCUT2D eigenvalue weighted by molar-refractivity contribution is -0.693. The lowest BCUT2D eigenvalue weighted by Crippen LogP contribution is -3.00. The molecule has 1 heterocycles. The van der Waals surface area contributed by atoms with E-state index in [9.17, 15) is 0 Å². The Kier molecular flexibility index (Phi) is 5.46. The Morgan fingerprint density at radius 2 is 2.09 bits per heavy atom. The second-order valence-electron chi connectivity index (χ2n) is 2.40. The minimum atomic E-state index is 0. The molecule has 0 bridgehead atoms. The van der Waals surface area contributed by atoms with Crippen LogP contribution in [0, 0.1) is 0 Å². The summed E-state index contributed by atoms with van der Waals surface area (Å²) >= 11 is 0. The van der Waals surface area contributed by atoms with E-state index in [4.69, 9.17) is 0 Å². The number of halogens is 1. The normalized spacial score (nSPS) is 8.91. The molecule has 0 amide bonds. The summed E-state index contributed by atoms with van der Waals surface area (Å²) in [6, 6.07) is 4.26. The lowest BCUT2D eigenvalue weighted by Gasteiger charge is -1.93. The Labute approximate surface area is 85.5 Å². The van der Waals surface area contributed by atoms with Crippen molar-refractivity contribution in [3.05, 3.63) is 30.1 Å². The molecule has 0 saturated carbocycles. The summed E-state index contributed by atoms with van der Waals surface area (Å²) in [5.41, 5.74) is 1.41. The summed E-state index contributed by atoms with van der Waals surface area (Å²) in [4.78, 5) is 0. The van der Waals surface area contributed by atoms with E-state index < -0.39 is 0 Å². The molecule has 0 N–H and O–H groups in total. The quantitative estimate of drug-likeness (QED) is 0.454. The van der Waals surface area contributed by atoms with Crippen molar-refractivity contribution in [2.45, 2.75) is 26.8 Å². The first-order valence-electron chi connectivity index (χ1n) is 3.84. The van der Waals surface area contributed by atoms with E-state index >= 15 is 0 Å². The van der Waals surface area contributed by atoms with Crippen LogP contribution in [0.2, 0.25) is 0 Å². The average molecular weight is 263 g/mol. The fourth-order valence-corrected chi connectivity index (χ4v) is 0.982.